The van der Waals surface area contributed by atoms with Gasteiger partial charge in [0.25, 0.3) is 0 Å². The monoisotopic (exact) mass is 283 g/mol. The molecular formula is C13H21N3O4. The van der Waals surface area contributed by atoms with Gasteiger partial charge in [-0.3, -0.25) is 4.90 Å². The van der Waals surface area contributed by atoms with Gasteiger partial charge in [0, 0.05) is 38.8 Å². The summed E-state index contributed by atoms with van der Waals surface area (Å²) in [5.41, 5.74) is 0. The van der Waals surface area contributed by atoms with Crippen molar-refractivity contribution in [1.29, 1.82) is 0 Å². The van der Waals surface area contributed by atoms with E-state index < -0.39 is 12.0 Å². The number of aliphatic carboxylic acids is 1. The highest BCUT2D eigenvalue weighted by atomic mass is 16.5. The van der Waals surface area contributed by atoms with E-state index in [-0.39, 0.29) is 12.6 Å². The Morgan fingerprint density at radius 2 is 1.75 bits per heavy atom. The Bertz CT molecular complexity index is 391. The van der Waals surface area contributed by atoms with Crippen LogP contribution in [0.5, 0.6) is 0 Å². The molecule has 0 spiro atoms. The first-order valence-electron chi connectivity index (χ1n) is 7.27. The normalized spacial score (nSPS) is 28.5. The molecule has 1 unspecified atom stereocenters. The first kappa shape index (κ1) is 13.6. The molecule has 7 nitrogen and oxygen atoms in total. The standard InChI is InChI=1S/C13H21N3O4/c17-12(18)11-9-20-8-7-16(11)13(19)15-5-3-14(4-6-15)10-1-2-10/h10-11H,1-9H2,(H,17,18). The molecule has 1 saturated carbocycles. The number of urea groups is 1. The van der Waals surface area contributed by atoms with Crippen LogP contribution in [0.3, 0.4) is 0 Å². The van der Waals surface area contributed by atoms with E-state index >= 15 is 0 Å². The van der Waals surface area contributed by atoms with Crippen molar-refractivity contribution < 1.29 is 19.4 Å². The van der Waals surface area contributed by atoms with E-state index in [1.165, 1.54) is 17.7 Å². The van der Waals surface area contributed by atoms with Crippen LogP contribution in [-0.2, 0) is 9.53 Å². The largest absolute Gasteiger partial charge is 0.480 e. The minimum Gasteiger partial charge on any atom is -0.480 e. The Labute approximate surface area is 118 Å². The molecule has 1 atom stereocenters. The maximum absolute atomic E-state index is 12.5. The van der Waals surface area contributed by atoms with E-state index in [9.17, 15) is 14.7 Å². The first-order valence-corrected chi connectivity index (χ1v) is 7.27. The number of hydrogen-bond donors (Lipinski definition) is 1. The highest BCUT2D eigenvalue weighted by molar-refractivity contribution is 5.83. The van der Waals surface area contributed by atoms with Crippen LogP contribution in [-0.4, -0.2) is 89.8 Å². The van der Waals surface area contributed by atoms with Crippen LogP contribution in [0.25, 0.3) is 0 Å². The van der Waals surface area contributed by atoms with Crippen molar-refractivity contribution in [2.75, 3.05) is 45.9 Å². The Morgan fingerprint density at radius 3 is 2.35 bits per heavy atom. The van der Waals surface area contributed by atoms with Crippen LogP contribution in [0, 0.1) is 0 Å². The molecule has 2 saturated heterocycles. The zero-order chi connectivity index (χ0) is 14.1. The fourth-order valence-electron chi connectivity index (χ4n) is 2.94. The SMILES string of the molecule is O=C(O)C1COCCN1C(=O)N1CCN(C2CC2)CC1. The van der Waals surface area contributed by atoms with Gasteiger partial charge in [-0.05, 0) is 12.8 Å². The zero-order valence-corrected chi connectivity index (χ0v) is 11.5. The minimum atomic E-state index is -0.991. The Balaban J connectivity index is 1.58. The molecule has 112 valence electrons. The fourth-order valence-corrected chi connectivity index (χ4v) is 2.94. The number of morpholine rings is 1. The second kappa shape index (κ2) is 5.57. The van der Waals surface area contributed by atoms with E-state index in [1.54, 1.807) is 4.90 Å². The maximum Gasteiger partial charge on any atom is 0.328 e. The van der Waals surface area contributed by atoms with Crippen LogP contribution in [0.4, 0.5) is 4.79 Å². The maximum atomic E-state index is 12.5. The lowest BCUT2D eigenvalue weighted by Crippen LogP contribution is -2.59. The Hall–Kier alpha value is -1.34. The number of carboxylic acids is 1. The van der Waals surface area contributed by atoms with Gasteiger partial charge in [0.15, 0.2) is 6.04 Å². The highest BCUT2D eigenvalue weighted by Gasteiger charge is 2.37. The van der Waals surface area contributed by atoms with Gasteiger partial charge in [-0.2, -0.15) is 0 Å². The summed E-state index contributed by atoms with van der Waals surface area (Å²) in [5, 5.41) is 9.18. The number of ether oxygens (including phenoxy) is 1. The number of nitrogens with zero attached hydrogens (tertiary/aromatic N) is 3. The van der Waals surface area contributed by atoms with Gasteiger partial charge in [0.05, 0.1) is 13.2 Å². The van der Waals surface area contributed by atoms with Crippen molar-refractivity contribution in [3.8, 4) is 0 Å². The van der Waals surface area contributed by atoms with Crippen molar-refractivity contribution in [3.63, 3.8) is 0 Å². The average molecular weight is 283 g/mol. The van der Waals surface area contributed by atoms with Crippen molar-refractivity contribution in [1.82, 2.24) is 14.7 Å². The van der Waals surface area contributed by atoms with Crippen LogP contribution >= 0.6 is 0 Å². The molecule has 1 N–H and O–H groups in total. The third-order valence-electron chi connectivity index (χ3n) is 4.31. The molecule has 3 rings (SSSR count). The average Bonchev–Trinajstić information content (AvgIpc) is 3.31. The third kappa shape index (κ3) is 2.73. The quantitative estimate of drug-likeness (QED) is 0.751. The zero-order valence-electron chi connectivity index (χ0n) is 11.5. The lowest BCUT2D eigenvalue weighted by molar-refractivity contribution is -0.147. The summed E-state index contributed by atoms with van der Waals surface area (Å²) in [7, 11) is 0. The molecule has 2 amide bonds. The summed E-state index contributed by atoms with van der Waals surface area (Å²) in [5.74, 6) is -0.991. The highest BCUT2D eigenvalue weighted by Crippen LogP contribution is 2.27. The summed E-state index contributed by atoms with van der Waals surface area (Å²) in [6, 6.07) is -0.281. The number of rotatable bonds is 2. The molecule has 0 bridgehead atoms. The van der Waals surface area contributed by atoms with Gasteiger partial charge in [-0.15, -0.1) is 0 Å². The van der Waals surface area contributed by atoms with Gasteiger partial charge in [0.2, 0.25) is 0 Å². The lowest BCUT2D eigenvalue weighted by Gasteiger charge is -2.40. The molecule has 7 heteroatoms. The Morgan fingerprint density at radius 1 is 1.05 bits per heavy atom. The predicted octanol–water partition coefficient (Wildman–Crippen LogP) is -0.328. The molecule has 0 radical (unpaired) electrons. The molecule has 0 aromatic rings. The molecule has 1 aliphatic carbocycles. The molecule has 2 aliphatic heterocycles. The minimum absolute atomic E-state index is 0.0864. The summed E-state index contributed by atoms with van der Waals surface area (Å²) in [6.45, 7) is 4.05. The Kier molecular flexibility index (Phi) is 3.80. The lowest BCUT2D eigenvalue weighted by atomic mass is 10.2. The molecule has 3 fully saturated rings. The van der Waals surface area contributed by atoms with Crippen molar-refractivity contribution in [2.24, 2.45) is 0 Å². The van der Waals surface area contributed by atoms with Crippen molar-refractivity contribution in [3.05, 3.63) is 0 Å². The third-order valence-corrected chi connectivity index (χ3v) is 4.31. The van der Waals surface area contributed by atoms with Crippen molar-refractivity contribution in [2.45, 2.75) is 24.9 Å². The van der Waals surface area contributed by atoms with Gasteiger partial charge in [-0.25, -0.2) is 9.59 Å². The molecule has 3 aliphatic rings. The number of carbonyl (C=O) groups excluding carboxylic acids is 1. The van der Waals surface area contributed by atoms with Crippen LogP contribution in [0.1, 0.15) is 12.8 Å². The summed E-state index contributed by atoms with van der Waals surface area (Å²) >= 11 is 0. The van der Waals surface area contributed by atoms with Crippen molar-refractivity contribution >= 4 is 12.0 Å². The molecule has 20 heavy (non-hydrogen) atoms. The van der Waals surface area contributed by atoms with Gasteiger partial charge in [-0.1, -0.05) is 0 Å². The van der Waals surface area contributed by atoms with Gasteiger partial charge < -0.3 is 19.6 Å². The number of carbonyl (C=O) groups is 2. The second-order valence-corrected chi connectivity index (χ2v) is 5.66. The van der Waals surface area contributed by atoms with Gasteiger partial charge in [0.1, 0.15) is 0 Å². The summed E-state index contributed by atoms with van der Waals surface area (Å²) in [6.07, 6.45) is 2.55. The topological polar surface area (TPSA) is 73.3 Å². The van der Waals surface area contributed by atoms with E-state index in [1.807, 2.05) is 0 Å². The number of hydrogen-bond acceptors (Lipinski definition) is 4. The first-order chi connectivity index (χ1) is 9.66. The van der Waals surface area contributed by atoms with Gasteiger partial charge >= 0.3 is 12.0 Å². The summed E-state index contributed by atoms with van der Waals surface area (Å²) < 4.78 is 5.17. The summed E-state index contributed by atoms with van der Waals surface area (Å²) in [4.78, 5) is 29.3. The van der Waals surface area contributed by atoms with E-state index in [2.05, 4.69) is 4.90 Å². The number of amides is 2. The van der Waals surface area contributed by atoms with Crippen LogP contribution < -0.4 is 0 Å². The smallest absolute Gasteiger partial charge is 0.328 e. The predicted molar refractivity (Wildman–Crippen MR) is 70.5 cm³/mol. The van der Waals surface area contributed by atoms with E-state index in [0.29, 0.717) is 26.2 Å². The van der Waals surface area contributed by atoms with E-state index in [4.69, 9.17) is 4.74 Å². The van der Waals surface area contributed by atoms with Crippen LogP contribution in [0.2, 0.25) is 0 Å². The molecule has 0 aromatic heterocycles. The fraction of sp³-hybridized carbons (Fsp3) is 0.846. The molecular weight excluding hydrogens is 262 g/mol. The number of carboxylic acid groups (broad SMARTS) is 1. The second-order valence-electron chi connectivity index (χ2n) is 5.66. The molecule has 0 aromatic carbocycles. The van der Waals surface area contributed by atoms with E-state index in [0.717, 1.165) is 19.1 Å². The number of piperazine rings is 1. The van der Waals surface area contributed by atoms with Crippen LogP contribution in [0.15, 0.2) is 0 Å². The molecule has 2 heterocycles.